The van der Waals surface area contributed by atoms with Crippen LogP contribution in [-0.2, 0) is 6.54 Å². The van der Waals surface area contributed by atoms with Gasteiger partial charge in [0.1, 0.15) is 0 Å². The van der Waals surface area contributed by atoms with Crippen LogP contribution in [0.25, 0.3) is 0 Å². The average Bonchev–Trinajstić information content (AvgIpc) is 2.17. The van der Waals surface area contributed by atoms with Gasteiger partial charge in [-0.05, 0) is 24.0 Å². The molecule has 0 radical (unpaired) electrons. The zero-order valence-electron chi connectivity index (χ0n) is 8.31. The molecule has 0 aromatic heterocycles. The molecule has 1 heterocycles. The molecule has 76 valence electrons. The average molecular weight is 209 g/mol. The summed E-state index contributed by atoms with van der Waals surface area (Å²) in [6.07, 6.45) is 1.99. The number of hydrogen-bond donors (Lipinski definition) is 1. The molecule has 0 unspecified atom stereocenters. The number of nitrogens with zero attached hydrogens (tertiary/aromatic N) is 1. The lowest BCUT2D eigenvalue weighted by molar-refractivity contribution is -0.00286. The van der Waals surface area contributed by atoms with Crippen molar-refractivity contribution in [3.8, 4) is 0 Å². The second kappa shape index (κ2) is 4.34. The fourth-order valence-corrected chi connectivity index (χ4v) is 2.07. The van der Waals surface area contributed by atoms with Crippen LogP contribution in [0.15, 0.2) is 29.2 Å². The second-order valence-electron chi connectivity index (χ2n) is 3.70. The number of aliphatic hydroxyl groups excluding tert-OH is 1. The van der Waals surface area contributed by atoms with Crippen molar-refractivity contribution in [3.05, 3.63) is 29.8 Å². The minimum atomic E-state index is -0.0968. The molecule has 0 spiro atoms. The first-order valence-electron chi connectivity index (χ1n) is 4.81. The minimum absolute atomic E-state index is 0.0968. The van der Waals surface area contributed by atoms with Gasteiger partial charge in [-0.3, -0.25) is 4.90 Å². The first-order chi connectivity index (χ1) is 6.78. The molecule has 1 fully saturated rings. The topological polar surface area (TPSA) is 23.5 Å². The van der Waals surface area contributed by atoms with Gasteiger partial charge in [-0.25, -0.2) is 0 Å². The molecule has 3 heteroatoms. The summed E-state index contributed by atoms with van der Waals surface area (Å²) in [6.45, 7) is 2.61. The monoisotopic (exact) mass is 209 g/mol. The van der Waals surface area contributed by atoms with E-state index in [0.717, 1.165) is 19.6 Å². The zero-order valence-corrected chi connectivity index (χ0v) is 9.13. The molecule has 0 aliphatic carbocycles. The summed E-state index contributed by atoms with van der Waals surface area (Å²) in [5.41, 5.74) is 1.33. The van der Waals surface area contributed by atoms with Crippen molar-refractivity contribution in [1.29, 1.82) is 0 Å². The predicted molar refractivity (Wildman–Crippen MR) is 59.5 cm³/mol. The highest BCUT2D eigenvalue weighted by Crippen LogP contribution is 2.17. The highest BCUT2D eigenvalue weighted by Gasteiger charge is 2.23. The number of thioether (sulfide) groups is 1. The number of hydrogen-bond acceptors (Lipinski definition) is 3. The molecule has 0 atom stereocenters. The Morgan fingerprint density at radius 2 is 2.00 bits per heavy atom. The van der Waals surface area contributed by atoms with E-state index < -0.39 is 0 Å². The molecule has 1 N–H and O–H groups in total. The van der Waals surface area contributed by atoms with Crippen LogP contribution in [0, 0.1) is 0 Å². The minimum Gasteiger partial charge on any atom is -0.390 e. The molecule has 0 saturated carbocycles. The van der Waals surface area contributed by atoms with E-state index in [0.29, 0.717) is 0 Å². The maximum Gasteiger partial charge on any atom is 0.0794 e. The lowest BCUT2D eigenvalue weighted by atomic mass is 10.1. The molecule has 1 aliphatic heterocycles. The first kappa shape index (κ1) is 10.0. The smallest absolute Gasteiger partial charge is 0.0794 e. The van der Waals surface area contributed by atoms with Crippen molar-refractivity contribution in [2.45, 2.75) is 17.5 Å². The fraction of sp³-hybridized carbons (Fsp3) is 0.455. The van der Waals surface area contributed by atoms with Gasteiger partial charge in [0.25, 0.3) is 0 Å². The summed E-state index contributed by atoms with van der Waals surface area (Å²) < 4.78 is 0. The Labute approximate surface area is 88.9 Å². The SMILES string of the molecule is CSc1ccc(CN2CC(O)C2)cc1. The second-order valence-corrected chi connectivity index (χ2v) is 4.58. The van der Waals surface area contributed by atoms with Crippen molar-refractivity contribution >= 4 is 11.8 Å². The summed E-state index contributed by atoms with van der Waals surface area (Å²) in [5, 5.41) is 9.13. The lowest BCUT2D eigenvalue weighted by Crippen LogP contribution is -2.49. The van der Waals surface area contributed by atoms with Crippen LogP contribution < -0.4 is 0 Å². The van der Waals surface area contributed by atoms with Gasteiger partial charge in [0.05, 0.1) is 6.10 Å². The van der Waals surface area contributed by atoms with Crippen molar-refractivity contribution < 1.29 is 5.11 Å². The van der Waals surface area contributed by atoms with E-state index in [1.165, 1.54) is 10.5 Å². The summed E-state index contributed by atoms with van der Waals surface area (Å²) in [6, 6.07) is 8.62. The normalized spacial score (nSPS) is 18.1. The van der Waals surface area contributed by atoms with E-state index in [2.05, 4.69) is 35.4 Å². The van der Waals surface area contributed by atoms with Crippen molar-refractivity contribution in [2.75, 3.05) is 19.3 Å². The summed E-state index contributed by atoms with van der Waals surface area (Å²) in [5.74, 6) is 0. The van der Waals surface area contributed by atoms with Crippen LogP contribution >= 0.6 is 11.8 Å². The third kappa shape index (κ3) is 2.29. The van der Waals surface area contributed by atoms with E-state index >= 15 is 0 Å². The van der Waals surface area contributed by atoms with Crippen LogP contribution in [0.5, 0.6) is 0 Å². The molecule has 1 aliphatic rings. The largest absolute Gasteiger partial charge is 0.390 e. The van der Waals surface area contributed by atoms with Crippen LogP contribution in [0.3, 0.4) is 0 Å². The van der Waals surface area contributed by atoms with Crippen molar-refractivity contribution in [3.63, 3.8) is 0 Å². The summed E-state index contributed by atoms with van der Waals surface area (Å²) in [7, 11) is 0. The highest BCUT2D eigenvalue weighted by molar-refractivity contribution is 7.98. The van der Waals surface area contributed by atoms with Crippen molar-refractivity contribution in [1.82, 2.24) is 4.90 Å². The Balaban J connectivity index is 1.90. The standard InChI is InChI=1S/C11H15NOS/c1-14-11-4-2-9(3-5-11)6-12-7-10(13)8-12/h2-5,10,13H,6-8H2,1H3. The number of benzene rings is 1. The van der Waals surface area contributed by atoms with E-state index in [9.17, 15) is 0 Å². The van der Waals surface area contributed by atoms with Gasteiger partial charge in [0.15, 0.2) is 0 Å². The van der Waals surface area contributed by atoms with E-state index in [1.807, 2.05) is 0 Å². The molecular formula is C11H15NOS. The van der Waals surface area contributed by atoms with Gasteiger partial charge in [-0.1, -0.05) is 12.1 Å². The fourth-order valence-electron chi connectivity index (χ4n) is 1.66. The maximum absolute atomic E-state index is 9.13. The maximum atomic E-state index is 9.13. The summed E-state index contributed by atoms with van der Waals surface area (Å²) >= 11 is 1.76. The summed E-state index contributed by atoms with van der Waals surface area (Å²) in [4.78, 5) is 3.55. The van der Waals surface area contributed by atoms with Crippen LogP contribution in [-0.4, -0.2) is 35.5 Å². The molecule has 14 heavy (non-hydrogen) atoms. The number of β-amino-alcohol motifs (C(OH)–C–C–N with tert-alkyl or cyclic N) is 1. The molecular weight excluding hydrogens is 194 g/mol. The Kier molecular flexibility index (Phi) is 3.11. The van der Waals surface area contributed by atoms with Crippen molar-refractivity contribution in [2.24, 2.45) is 0 Å². The Hall–Kier alpha value is -0.510. The van der Waals surface area contributed by atoms with E-state index in [1.54, 1.807) is 11.8 Å². The Morgan fingerprint density at radius 1 is 1.36 bits per heavy atom. The van der Waals surface area contributed by atoms with Gasteiger partial charge >= 0.3 is 0 Å². The predicted octanol–water partition coefficient (Wildman–Crippen LogP) is 1.58. The third-order valence-electron chi connectivity index (χ3n) is 2.50. The molecule has 2 nitrogen and oxygen atoms in total. The number of aliphatic hydroxyl groups is 1. The van der Waals surface area contributed by atoms with Gasteiger partial charge in [-0.2, -0.15) is 0 Å². The molecule has 1 saturated heterocycles. The van der Waals surface area contributed by atoms with E-state index in [4.69, 9.17) is 5.11 Å². The van der Waals surface area contributed by atoms with E-state index in [-0.39, 0.29) is 6.10 Å². The van der Waals surface area contributed by atoms with Crippen LogP contribution in [0.2, 0.25) is 0 Å². The van der Waals surface area contributed by atoms with Gasteiger partial charge in [-0.15, -0.1) is 11.8 Å². The zero-order chi connectivity index (χ0) is 9.97. The van der Waals surface area contributed by atoms with Crippen LogP contribution in [0.1, 0.15) is 5.56 Å². The van der Waals surface area contributed by atoms with Gasteiger partial charge in [0, 0.05) is 24.5 Å². The molecule has 0 bridgehead atoms. The third-order valence-corrected chi connectivity index (χ3v) is 3.25. The number of likely N-dealkylation sites (tertiary alicyclic amines) is 1. The molecule has 0 amide bonds. The first-order valence-corrected chi connectivity index (χ1v) is 6.04. The Bertz CT molecular complexity index is 293. The quantitative estimate of drug-likeness (QED) is 0.765. The Morgan fingerprint density at radius 3 is 2.50 bits per heavy atom. The number of rotatable bonds is 3. The van der Waals surface area contributed by atoms with Gasteiger partial charge in [0.2, 0.25) is 0 Å². The lowest BCUT2D eigenvalue weighted by Gasteiger charge is -2.35. The molecule has 2 rings (SSSR count). The van der Waals surface area contributed by atoms with Crippen LogP contribution in [0.4, 0.5) is 0 Å². The van der Waals surface area contributed by atoms with Gasteiger partial charge < -0.3 is 5.11 Å². The molecule has 1 aromatic carbocycles. The molecule has 1 aromatic rings. The highest BCUT2D eigenvalue weighted by atomic mass is 32.2.